The highest BCUT2D eigenvalue weighted by molar-refractivity contribution is 5.55. The molecule has 0 saturated carbocycles. The zero-order chi connectivity index (χ0) is 13.4. The average molecular weight is 254 g/mol. The summed E-state index contributed by atoms with van der Waals surface area (Å²) in [7, 11) is 1.70. The normalized spacial score (nSPS) is 10.1. The summed E-state index contributed by atoms with van der Waals surface area (Å²) in [5.41, 5.74) is 0.653. The molecule has 100 valence electrons. The fraction of sp³-hybridized carbons (Fsp3) is 0.500. The van der Waals surface area contributed by atoms with Gasteiger partial charge in [-0.2, -0.15) is 0 Å². The maximum atomic E-state index is 10.7. The molecule has 1 rings (SSSR count). The molecule has 1 aromatic carbocycles. The third-order valence-corrected chi connectivity index (χ3v) is 2.24. The molecule has 0 unspecified atom stereocenters. The Morgan fingerprint density at radius 3 is 2.67 bits per heavy atom. The van der Waals surface area contributed by atoms with Gasteiger partial charge in [-0.3, -0.25) is 10.1 Å². The number of benzene rings is 1. The minimum absolute atomic E-state index is 0.00586. The van der Waals surface area contributed by atoms with Crippen molar-refractivity contribution in [3.8, 4) is 5.75 Å². The van der Waals surface area contributed by atoms with Crippen molar-refractivity contribution in [2.45, 2.75) is 13.3 Å². The van der Waals surface area contributed by atoms with Crippen molar-refractivity contribution in [2.75, 3.05) is 32.2 Å². The number of nitro groups is 1. The second kappa shape index (κ2) is 7.50. The highest BCUT2D eigenvalue weighted by atomic mass is 16.6. The lowest BCUT2D eigenvalue weighted by Crippen LogP contribution is -2.07. The predicted molar refractivity (Wildman–Crippen MR) is 69.2 cm³/mol. The van der Waals surface area contributed by atoms with E-state index in [-0.39, 0.29) is 5.69 Å². The molecule has 0 aliphatic carbocycles. The summed E-state index contributed by atoms with van der Waals surface area (Å²) in [4.78, 5) is 10.3. The molecule has 0 aliphatic heterocycles. The lowest BCUT2D eigenvalue weighted by atomic mass is 10.2. The number of hydrogen-bond donors (Lipinski definition) is 1. The molecule has 0 fully saturated rings. The van der Waals surface area contributed by atoms with E-state index in [0.29, 0.717) is 31.3 Å². The number of anilines is 1. The fourth-order valence-corrected chi connectivity index (χ4v) is 1.38. The van der Waals surface area contributed by atoms with Crippen LogP contribution in [-0.2, 0) is 4.74 Å². The van der Waals surface area contributed by atoms with Crippen molar-refractivity contribution < 1.29 is 14.4 Å². The smallest absolute Gasteiger partial charge is 0.275 e. The lowest BCUT2D eigenvalue weighted by molar-refractivity contribution is -0.384. The summed E-state index contributed by atoms with van der Waals surface area (Å²) in [6.07, 6.45) is 0.959. The van der Waals surface area contributed by atoms with Gasteiger partial charge >= 0.3 is 0 Å². The fourth-order valence-electron chi connectivity index (χ4n) is 1.38. The summed E-state index contributed by atoms with van der Waals surface area (Å²) in [6, 6.07) is 4.58. The number of nitrogens with zero attached hydrogens (tertiary/aromatic N) is 1. The third-order valence-electron chi connectivity index (χ3n) is 2.24. The molecule has 0 amide bonds. The van der Waals surface area contributed by atoms with Crippen molar-refractivity contribution in [1.82, 2.24) is 0 Å². The van der Waals surface area contributed by atoms with Gasteiger partial charge in [-0.25, -0.2) is 0 Å². The van der Waals surface area contributed by atoms with Gasteiger partial charge in [0.2, 0.25) is 0 Å². The Bertz CT molecular complexity index is 396. The second-order valence-corrected chi connectivity index (χ2v) is 3.68. The molecule has 0 aliphatic rings. The third kappa shape index (κ3) is 4.58. The van der Waals surface area contributed by atoms with E-state index in [1.165, 1.54) is 12.1 Å². The van der Waals surface area contributed by atoms with Gasteiger partial charge in [-0.05, 0) is 6.42 Å². The van der Waals surface area contributed by atoms with Gasteiger partial charge in [-0.1, -0.05) is 6.92 Å². The Labute approximate surface area is 106 Å². The lowest BCUT2D eigenvalue weighted by Gasteiger charge is -2.08. The van der Waals surface area contributed by atoms with Gasteiger partial charge < -0.3 is 14.8 Å². The second-order valence-electron chi connectivity index (χ2n) is 3.68. The monoisotopic (exact) mass is 254 g/mol. The molecule has 0 bridgehead atoms. The van der Waals surface area contributed by atoms with Gasteiger partial charge in [0.05, 0.1) is 17.6 Å². The highest BCUT2D eigenvalue weighted by Crippen LogP contribution is 2.25. The summed E-state index contributed by atoms with van der Waals surface area (Å²) >= 11 is 0. The Hall–Kier alpha value is -1.82. The topological polar surface area (TPSA) is 73.6 Å². The molecule has 0 saturated heterocycles. The van der Waals surface area contributed by atoms with Gasteiger partial charge in [0.1, 0.15) is 12.4 Å². The van der Waals surface area contributed by atoms with Crippen molar-refractivity contribution in [1.29, 1.82) is 0 Å². The number of nitrogens with one attached hydrogen (secondary N) is 1. The van der Waals surface area contributed by atoms with E-state index >= 15 is 0 Å². The maximum Gasteiger partial charge on any atom is 0.275 e. The SMILES string of the molecule is CCCOCCOc1cc(NC)cc([N+](=O)[O-])c1. The maximum absolute atomic E-state index is 10.7. The summed E-state index contributed by atoms with van der Waals surface area (Å²) in [6.45, 7) is 3.58. The van der Waals surface area contributed by atoms with Gasteiger partial charge in [0.15, 0.2) is 0 Å². The molecule has 0 aromatic heterocycles. The summed E-state index contributed by atoms with van der Waals surface area (Å²) in [5.74, 6) is 0.466. The number of non-ortho nitro benzene ring substituents is 1. The van der Waals surface area contributed by atoms with Crippen LogP contribution in [0.5, 0.6) is 5.75 Å². The molecule has 18 heavy (non-hydrogen) atoms. The molecule has 1 aromatic rings. The van der Waals surface area contributed by atoms with Crippen molar-refractivity contribution in [2.24, 2.45) is 0 Å². The first-order valence-corrected chi connectivity index (χ1v) is 5.85. The molecule has 6 nitrogen and oxygen atoms in total. The number of rotatable bonds is 8. The Morgan fingerprint density at radius 2 is 2.06 bits per heavy atom. The molecule has 0 radical (unpaired) electrons. The zero-order valence-electron chi connectivity index (χ0n) is 10.6. The van der Waals surface area contributed by atoms with Crippen LogP contribution < -0.4 is 10.1 Å². The van der Waals surface area contributed by atoms with Crippen molar-refractivity contribution in [3.05, 3.63) is 28.3 Å². The van der Waals surface area contributed by atoms with Crippen LogP contribution in [0.2, 0.25) is 0 Å². The largest absolute Gasteiger partial charge is 0.491 e. The Morgan fingerprint density at radius 1 is 1.28 bits per heavy atom. The van der Waals surface area contributed by atoms with Crippen molar-refractivity contribution in [3.63, 3.8) is 0 Å². The van der Waals surface area contributed by atoms with E-state index in [0.717, 1.165) is 6.42 Å². The van der Waals surface area contributed by atoms with E-state index in [2.05, 4.69) is 5.32 Å². The molecule has 0 spiro atoms. The van der Waals surface area contributed by atoms with Crippen LogP contribution in [0.25, 0.3) is 0 Å². The molecule has 0 heterocycles. The molecule has 0 atom stereocenters. The number of hydrogen-bond acceptors (Lipinski definition) is 5. The summed E-state index contributed by atoms with van der Waals surface area (Å²) in [5, 5.41) is 13.6. The van der Waals surface area contributed by atoms with Crippen LogP contribution in [0.3, 0.4) is 0 Å². The summed E-state index contributed by atoms with van der Waals surface area (Å²) < 4.78 is 10.7. The standard InChI is InChI=1S/C12H18N2O4/c1-3-4-17-5-6-18-12-8-10(13-2)7-11(9-12)14(15)16/h7-9,13H,3-6H2,1-2H3. The Kier molecular flexibility index (Phi) is 5.93. The molecule has 6 heteroatoms. The van der Waals surface area contributed by atoms with Crippen molar-refractivity contribution >= 4 is 11.4 Å². The zero-order valence-corrected chi connectivity index (χ0v) is 10.6. The Balaban J connectivity index is 2.58. The molecular formula is C12H18N2O4. The predicted octanol–water partition coefficient (Wildman–Crippen LogP) is 2.44. The van der Waals surface area contributed by atoms with E-state index in [4.69, 9.17) is 9.47 Å². The first kappa shape index (κ1) is 14.2. The van der Waals surface area contributed by atoms with E-state index < -0.39 is 4.92 Å². The highest BCUT2D eigenvalue weighted by Gasteiger charge is 2.09. The quantitative estimate of drug-likeness (QED) is 0.438. The van der Waals surface area contributed by atoms with Crippen LogP contribution in [0, 0.1) is 10.1 Å². The van der Waals surface area contributed by atoms with Crippen LogP contribution in [0.15, 0.2) is 18.2 Å². The minimum Gasteiger partial charge on any atom is -0.491 e. The van der Waals surface area contributed by atoms with Gasteiger partial charge in [0.25, 0.3) is 5.69 Å². The molecule has 1 N–H and O–H groups in total. The van der Waals surface area contributed by atoms with E-state index in [9.17, 15) is 10.1 Å². The molecular weight excluding hydrogens is 236 g/mol. The van der Waals surface area contributed by atoms with Gasteiger partial charge in [0, 0.05) is 31.5 Å². The van der Waals surface area contributed by atoms with Crippen LogP contribution >= 0.6 is 0 Å². The van der Waals surface area contributed by atoms with Crippen LogP contribution in [0.4, 0.5) is 11.4 Å². The van der Waals surface area contributed by atoms with Crippen LogP contribution in [-0.4, -0.2) is 31.8 Å². The number of nitro benzene ring substituents is 1. The van der Waals surface area contributed by atoms with Crippen LogP contribution in [0.1, 0.15) is 13.3 Å². The van der Waals surface area contributed by atoms with Gasteiger partial charge in [-0.15, -0.1) is 0 Å². The van der Waals surface area contributed by atoms with E-state index in [1.54, 1.807) is 13.1 Å². The minimum atomic E-state index is -0.443. The first-order valence-electron chi connectivity index (χ1n) is 5.85. The van der Waals surface area contributed by atoms with E-state index in [1.807, 2.05) is 6.92 Å². The number of ether oxygens (including phenoxy) is 2. The first-order chi connectivity index (χ1) is 8.67. The average Bonchev–Trinajstić information content (AvgIpc) is 2.38.